The molecule has 0 aliphatic rings. The summed E-state index contributed by atoms with van der Waals surface area (Å²) in [6.07, 6.45) is -0.144. The van der Waals surface area contributed by atoms with Gasteiger partial charge in [0.05, 0.1) is 5.56 Å². The molecule has 0 amide bonds. The van der Waals surface area contributed by atoms with Crippen molar-refractivity contribution in [1.29, 1.82) is 0 Å². The van der Waals surface area contributed by atoms with Gasteiger partial charge in [0.1, 0.15) is 6.10 Å². The first kappa shape index (κ1) is 18.3. The fourth-order valence-electron chi connectivity index (χ4n) is 2.89. The molecule has 0 saturated heterocycles. The van der Waals surface area contributed by atoms with E-state index in [2.05, 4.69) is 25.7 Å². The fourth-order valence-corrected chi connectivity index (χ4v) is 2.89. The average Bonchev–Trinajstić information content (AvgIpc) is 2.59. The van der Waals surface area contributed by atoms with Crippen LogP contribution in [0.3, 0.4) is 0 Å². The highest BCUT2D eigenvalue weighted by atomic mass is 16.5. The van der Waals surface area contributed by atoms with E-state index in [0.717, 1.165) is 30.4 Å². The molecule has 130 valence electrons. The minimum atomic E-state index is -0.287. The number of esters is 1. The molecule has 4 nitrogen and oxygen atoms in total. The molecule has 0 heterocycles. The number of nitrogen functional groups attached to an aromatic ring is 1. The van der Waals surface area contributed by atoms with Gasteiger partial charge in [0.15, 0.2) is 0 Å². The van der Waals surface area contributed by atoms with Crippen LogP contribution in [0, 0.1) is 5.92 Å². The third-order valence-corrected chi connectivity index (χ3v) is 4.71. The Labute approximate surface area is 144 Å². The molecule has 0 aromatic heterocycles. The highest BCUT2D eigenvalue weighted by Crippen LogP contribution is 2.25. The molecule has 0 saturated carbocycles. The minimum absolute atomic E-state index is 0.144. The molecule has 2 N–H and O–H groups in total. The number of hydrogen-bond donors (Lipinski definition) is 1. The summed E-state index contributed by atoms with van der Waals surface area (Å²) in [7, 11) is 0. The van der Waals surface area contributed by atoms with Gasteiger partial charge in [-0.05, 0) is 37.5 Å². The van der Waals surface area contributed by atoms with Gasteiger partial charge in [-0.3, -0.25) is 0 Å². The predicted molar refractivity (Wildman–Crippen MR) is 100 cm³/mol. The van der Waals surface area contributed by atoms with E-state index in [-0.39, 0.29) is 18.0 Å². The maximum absolute atomic E-state index is 12.6. The lowest BCUT2D eigenvalue weighted by atomic mass is 10.0. The lowest BCUT2D eigenvalue weighted by Crippen LogP contribution is -2.34. The molecule has 2 unspecified atom stereocenters. The summed E-state index contributed by atoms with van der Waals surface area (Å²) in [5.41, 5.74) is 7.24. The zero-order valence-electron chi connectivity index (χ0n) is 15.1. The molecule has 2 aromatic rings. The first-order chi connectivity index (χ1) is 11.5. The number of fused-ring (bicyclic) bond motifs is 1. The number of nitrogens with zero attached hydrogens (tertiary/aromatic N) is 1. The molecule has 0 spiro atoms. The van der Waals surface area contributed by atoms with Crippen LogP contribution in [0.15, 0.2) is 36.4 Å². The predicted octanol–water partition coefficient (Wildman–Crippen LogP) is 3.95. The third-order valence-electron chi connectivity index (χ3n) is 4.71. The zero-order valence-corrected chi connectivity index (χ0v) is 15.1. The lowest BCUT2D eigenvalue weighted by molar-refractivity contribution is 0.0174. The van der Waals surface area contributed by atoms with Crippen LogP contribution in [0.1, 0.15) is 38.1 Å². The largest absolute Gasteiger partial charge is 0.459 e. The van der Waals surface area contributed by atoms with E-state index in [1.807, 2.05) is 31.2 Å². The molecule has 24 heavy (non-hydrogen) atoms. The van der Waals surface area contributed by atoms with E-state index < -0.39 is 0 Å². The monoisotopic (exact) mass is 328 g/mol. The Morgan fingerprint density at radius 1 is 1.08 bits per heavy atom. The van der Waals surface area contributed by atoms with Crippen molar-refractivity contribution in [3.8, 4) is 0 Å². The Morgan fingerprint density at radius 3 is 2.33 bits per heavy atom. The third kappa shape index (κ3) is 4.06. The Kier molecular flexibility index (Phi) is 6.21. The number of carbonyl (C=O) groups is 1. The zero-order chi connectivity index (χ0) is 17.7. The Morgan fingerprint density at radius 2 is 1.71 bits per heavy atom. The average molecular weight is 328 g/mol. The molecule has 0 radical (unpaired) electrons. The van der Waals surface area contributed by atoms with Gasteiger partial charge in [-0.15, -0.1) is 0 Å². The second kappa shape index (κ2) is 8.15. The summed E-state index contributed by atoms with van der Waals surface area (Å²) < 4.78 is 5.73. The molecule has 2 atom stereocenters. The number of ether oxygens (including phenoxy) is 1. The van der Waals surface area contributed by atoms with Gasteiger partial charge in [0.2, 0.25) is 0 Å². The number of carbonyl (C=O) groups excluding carboxylic acids is 1. The number of anilines is 1. The molecule has 0 aliphatic heterocycles. The molecular formula is C20H28N2O2. The van der Waals surface area contributed by atoms with Crippen LogP contribution in [0.25, 0.3) is 10.8 Å². The van der Waals surface area contributed by atoms with E-state index in [4.69, 9.17) is 10.5 Å². The van der Waals surface area contributed by atoms with Crippen LogP contribution in [-0.2, 0) is 4.74 Å². The van der Waals surface area contributed by atoms with Crippen molar-refractivity contribution in [3.63, 3.8) is 0 Å². The lowest BCUT2D eigenvalue weighted by Gasteiger charge is -2.26. The van der Waals surface area contributed by atoms with Crippen LogP contribution in [0.2, 0.25) is 0 Å². The summed E-state index contributed by atoms with van der Waals surface area (Å²) in [5.74, 6) is -0.0148. The van der Waals surface area contributed by atoms with E-state index in [1.165, 1.54) is 0 Å². The van der Waals surface area contributed by atoms with Crippen LogP contribution >= 0.6 is 0 Å². The maximum Gasteiger partial charge on any atom is 0.339 e. The Balaban J connectivity index is 2.14. The standard InChI is InChI=1S/C20H28N2O2/c1-5-22(6-2)13-14(3)15(4)24-20(23)18-11-12-19(21)17-10-8-7-9-16(17)18/h7-12,14-15H,5-6,13,21H2,1-4H3. The first-order valence-electron chi connectivity index (χ1n) is 8.68. The molecule has 0 bridgehead atoms. The van der Waals surface area contributed by atoms with Gasteiger partial charge in [0.25, 0.3) is 0 Å². The van der Waals surface area contributed by atoms with Crippen molar-refractivity contribution < 1.29 is 9.53 Å². The van der Waals surface area contributed by atoms with Crippen LogP contribution in [0.4, 0.5) is 5.69 Å². The number of nitrogens with two attached hydrogens (primary N) is 1. The fraction of sp³-hybridized carbons (Fsp3) is 0.450. The van der Waals surface area contributed by atoms with Crippen LogP contribution in [-0.4, -0.2) is 36.6 Å². The van der Waals surface area contributed by atoms with E-state index >= 15 is 0 Å². The second-order valence-corrected chi connectivity index (χ2v) is 6.32. The van der Waals surface area contributed by atoms with Gasteiger partial charge >= 0.3 is 5.97 Å². The summed E-state index contributed by atoms with van der Waals surface area (Å²) >= 11 is 0. The summed E-state index contributed by atoms with van der Waals surface area (Å²) in [4.78, 5) is 15.0. The molecule has 0 aliphatic carbocycles. The topological polar surface area (TPSA) is 55.6 Å². The van der Waals surface area contributed by atoms with Gasteiger partial charge in [0, 0.05) is 23.5 Å². The molecular weight excluding hydrogens is 300 g/mol. The van der Waals surface area contributed by atoms with Crippen LogP contribution in [0.5, 0.6) is 0 Å². The van der Waals surface area contributed by atoms with E-state index in [9.17, 15) is 4.79 Å². The highest BCUT2D eigenvalue weighted by Gasteiger charge is 2.21. The molecule has 0 fully saturated rings. The number of benzene rings is 2. The normalized spacial score (nSPS) is 13.9. The molecule has 2 rings (SSSR count). The highest BCUT2D eigenvalue weighted by molar-refractivity contribution is 6.08. The van der Waals surface area contributed by atoms with Crippen molar-refractivity contribution >= 4 is 22.4 Å². The summed E-state index contributed by atoms with van der Waals surface area (Å²) in [6, 6.07) is 11.2. The van der Waals surface area contributed by atoms with Gasteiger partial charge in [-0.2, -0.15) is 0 Å². The van der Waals surface area contributed by atoms with Crippen molar-refractivity contribution in [2.75, 3.05) is 25.4 Å². The second-order valence-electron chi connectivity index (χ2n) is 6.32. The van der Waals surface area contributed by atoms with Gasteiger partial charge in [-0.25, -0.2) is 4.79 Å². The van der Waals surface area contributed by atoms with Crippen molar-refractivity contribution in [1.82, 2.24) is 4.90 Å². The smallest absolute Gasteiger partial charge is 0.339 e. The maximum atomic E-state index is 12.6. The van der Waals surface area contributed by atoms with E-state index in [0.29, 0.717) is 11.3 Å². The summed E-state index contributed by atoms with van der Waals surface area (Å²) in [6.45, 7) is 11.3. The number of rotatable bonds is 7. The first-order valence-corrected chi connectivity index (χ1v) is 8.68. The Hall–Kier alpha value is -2.07. The van der Waals surface area contributed by atoms with Crippen molar-refractivity contribution in [3.05, 3.63) is 42.0 Å². The SMILES string of the molecule is CCN(CC)CC(C)C(C)OC(=O)c1ccc(N)c2ccccc12. The van der Waals surface area contributed by atoms with Gasteiger partial charge in [-0.1, -0.05) is 45.0 Å². The summed E-state index contributed by atoms with van der Waals surface area (Å²) in [5, 5.41) is 1.72. The van der Waals surface area contributed by atoms with Crippen molar-refractivity contribution in [2.45, 2.75) is 33.8 Å². The Bertz CT molecular complexity index is 695. The molecule has 2 aromatic carbocycles. The number of hydrogen-bond acceptors (Lipinski definition) is 4. The minimum Gasteiger partial charge on any atom is -0.459 e. The van der Waals surface area contributed by atoms with Crippen molar-refractivity contribution in [2.24, 2.45) is 5.92 Å². The van der Waals surface area contributed by atoms with Crippen LogP contribution < -0.4 is 5.73 Å². The quantitative estimate of drug-likeness (QED) is 0.618. The molecule has 4 heteroatoms. The van der Waals surface area contributed by atoms with E-state index in [1.54, 1.807) is 12.1 Å². The van der Waals surface area contributed by atoms with Gasteiger partial charge < -0.3 is 15.4 Å².